The highest BCUT2D eigenvalue weighted by Crippen LogP contribution is 2.26. The van der Waals surface area contributed by atoms with Crippen LogP contribution in [0.15, 0.2) is 53.4 Å². The van der Waals surface area contributed by atoms with Crippen LogP contribution in [0.3, 0.4) is 0 Å². The number of amides is 1. The normalized spacial score (nSPS) is 14.6. The summed E-state index contributed by atoms with van der Waals surface area (Å²) >= 11 is 0. The Morgan fingerprint density at radius 3 is 2.18 bits per heavy atom. The summed E-state index contributed by atoms with van der Waals surface area (Å²) in [6, 6.07) is 12.2. The van der Waals surface area contributed by atoms with E-state index in [0.29, 0.717) is 50.6 Å². The Morgan fingerprint density at radius 1 is 1.00 bits per heavy atom. The predicted octanol–water partition coefficient (Wildman–Crippen LogP) is 2.69. The molecule has 0 spiro atoms. The highest BCUT2D eigenvalue weighted by Gasteiger charge is 2.30. The van der Waals surface area contributed by atoms with Crippen molar-refractivity contribution in [2.45, 2.75) is 24.7 Å². The van der Waals surface area contributed by atoms with Crippen LogP contribution in [-0.4, -0.2) is 67.8 Å². The number of benzene rings is 2. The van der Waals surface area contributed by atoms with E-state index in [0.717, 1.165) is 0 Å². The maximum atomic E-state index is 12.8. The van der Waals surface area contributed by atoms with E-state index in [1.807, 2.05) is 31.2 Å². The number of hydrogen-bond acceptors (Lipinski definition) is 7. The minimum Gasteiger partial charge on any atom is -0.490 e. The molecule has 1 aliphatic rings. The van der Waals surface area contributed by atoms with E-state index in [2.05, 4.69) is 0 Å². The van der Waals surface area contributed by atoms with Crippen molar-refractivity contribution in [3.05, 3.63) is 58.6 Å². The molecule has 0 unspecified atom stereocenters. The van der Waals surface area contributed by atoms with Crippen molar-refractivity contribution < 1.29 is 27.6 Å². The van der Waals surface area contributed by atoms with Crippen molar-refractivity contribution in [2.75, 3.05) is 39.4 Å². The Kier molecular flexibility index (Phi) is 8.23. The fourth-order valence-corrected chi connectivity index (χ4v) is 4.90. The Bertz CT molecular complexity index is 1070. The molecular weight excluding hydrogens is 450 g/mol. The third kappa shape index (κ3) is 6.20. The molecule has 1 saturated heterocycles. The van der Waals surface area contributed by atoms with Crippen molar-refractivity contribution in [1.29, 1.82) is 0 Å². The van der Waals surface area contributed by atoms with Crippen molar-refractivity contribution in [2.24, 2.45) is 0 Å². The van der Waals surface area contributed by atoms with E-state index in [1.54, 1.807) is 4.90 Å². The largest absolute Gasteiger partial charge is 0.490 e. The minimum atomic E-state index is -3.77. The molecule has 11 heteroatoms. The molecule has 1 fully saturated rings. The number of piperazine rings is 1. The maximum Gasteiger partial charge on any atom is 0.269 e. The number of sulfonamides is 1. The van der Waals surface area contributed by atoms with Gasteiger partial charge in [0.05, 0.1) is 23.0 Å². The first-order chi connectivity index (χ1) is 15.8. The lowest BCUT2D eigenvalue weighted by Crippen LogP contribution is -2.50. The van der Waals surface area contributed by atoms with Crippen LogP contribution in [0.25, 0.3) is 0 Å². The Morgan fingerprint density at radius 2 is 1.61 bits per heavy atom. The van der Waals surface area contributed by atoms with Gasteiger partial charge in [-0.2, -0.15) is 4.31 Å². The molecule has 2 aromatic rings. The Labute approximate surface area is 192 Å². The van der Waals surface area contributed by atoms with Gasteiger partial charge in [0.1, 0.15) is 0 Å². The SMILES string of the molecule is CCOc1ccccc1OCCCC(=O)N1CCN(S(=O)(=O)c2ccc([N+](=O)[O-])cc2)CC1. The van der Waals surface area contributed by atoms with Gasteiger partial charge in [-0.05, 0) is 37.6 Å². The van der Waals surface area contributed by atoms with E-state index >= 15 is 0 Å². The summed E-state index contributed by atoms with van der Waals surface area (Å²) in [4.78, 5) is 24.4. The third-order valence-corrected chi connectivity index (χ3v) is 7.13. The minimum absolute atomic E-state index is 0.00245. The van der Waals surface area contributed by atoms with Crippen LogP contribution in [0.4, 0.5) is 5.69 Å². The van der Waals surface area contributed by atoms with Crippen LogP contribution in [0, 0.1) is 10.1 Å². The maximum absolute atomic E-state index is 12.8. The van der Waals surface area contributed by atoms with Crippen LogP contribution in [-0.2, 0) is 14.8 Å². The number of para-hydroxylation sites is 2. The molecule has 1 aliphatic heterocycles. The number of nitro groups is 1. The van der Waals surface area contributed by atoms with Gasteiger partial charge in [0, 0.05) is 44.7 Å². The number of non-ortho nitro benzene ring substituents is 1. The van der Waals surface area contributed by atoms with Crippen LogP contribution in [0.2, 0.25) is 0 Å². The van der Waals surface area contributed by atoms with Gasteiger partial charge in [-0.25, -0.2) is 8.42 Å². The zero-order valence-corrected chi connectivity index (χ0v) is 19.2. The first-order valence-corrected chi connectivity index (χ1v) is 12.1. The number of nitro benzene ring substituents is 1. The van der Waals surface area contributed by atoms with Gasteiger partial charge in [-0.1, -0.05) is 12.1 Å². The molecule has 0 aliphatic carbocycles. The summed E-state index contributed by atoms with van der Waals surface area (Å²) in [5, 5.41) is 10.8. The van der Waals surface area contributed by atoms with Crippen molar-refractivity contribution in [3.8, 4) is 11.5 Å². The molecule has 10 nitrogen and oxygen atoms in total. The van der Waals surface area contributed by atoms with Gasteiger partial charge in [0.2, 0.25) is 15.9 Å². The summed E-state index contributed by atoms with van der Waals surface area (Å²) in [6.45, 7) is 3.71. The average molecular weight is 478 g/mol. The summed E-state index contributed by atoms with van der Waals surface area (Å²) < 4.78 is 38.1. The summed E-state index contributed by atoms with van der Waals surface area (Å²) in [6.07, 6.45) is 0.826. The third-order valence-electron chi connectivity index (χ3n) is 5.22. The molecule has 0 radical (unpaired) electrons. The monoisotopic (exact) mass is 477 g/mol. The molecule has 178 valence electrons. The van der Waals surface area contributed by atoms with Crippen LogP contribution < -0.4 is 9.47 Å². The predicted molar refractivity (Wildman–Crippen MR) is 121 cm³/mol. The lowest BCUT2D eigenvalue weighted by Gasteiger charge is -2.34. The standard InChI is InChI=1S/C22H27N3O7S/c1-2-31-20-6-3-4-7-21(20)32-17-5-8-22(26)23-13-15-24(16-14-23)33(29,30)19-11-9-18(10-12-19)25(27)28/h3-4,6-7,9-12H,2,5,8,13-17H2,1H3. The number of carbonyl (C=O) groups excluding carboxylic acids is 1. The smallest absolute Gasteiger partial charge is 0.269 e. The van der Waals surface area contributed by atoms with Gasteiger partial charge in [0.25, 0.3) is 5.69 Å². The van der Waals surface area contributed by atoms with Crippen molar-refractivity contribution in [1.82, 2.24) is 9.21 Å². The van der Waals surface area contributed by atoms with Crippen LogP contribution in [0.5, 0.6) is 11.5 Å². The summed E-state index contributed by atoms with van der Waals surface area (Å²) in [7, 11) is -3.77. The first kappa shape index (κ1) is 24.5. The molecule has 33 heavy (non-hydrogen) atoms. The summed E-state index contributed by atoms with van der Waals surface area (Å²) in [5.74, 6) is 1.25. The first-order valence-electron chi connectivity index (χ1n) is 10.7. The quantitative estimate of drug-likeness (QED) is 0.293. The van der Waals surface area contributed by atoms with Gasteiger partial charge in [-0.3, -0.25) is 14.9 Å². The molecular formula is C22H27N3O7S. The van der Waals surface area contributed by atoms with Crippen LogP contribution >= 0.6 is 0 Å². The van der Waals surface area contributed by atoms with E-state index < -0.39 is 14.9 Å². The fraction of sp³-hybridized carbons (Fsp3) is 0.409. The highest BCUT2D eigenvalue weighted by atomic mass is 32.2. The number of hydrogen-bond donors (Lipinski definition) is 0. The summed E-state index contributed by atoms with van der Waals surface area (Å²) in [5.41, 5.74) is -0.172. The van der Waals surface area contributed by atoms with Gasteiger partial charge >= 0.3 is 0 Å². The van der Waals surface area contributed by atoms with E-state index in [1.165, 1.54) is 28.6 Å². The molecule has 0 atom stereocenters. The molecule has 3 rings (SSSR count). The molecule has 0 bridgehead atoms. The van der Waals surface area contributed by atoms with Crippen molar-refractivity contribution in [3.63, 3.8) is 0 Å². The Balaban J connectivity index is 1.45. The number of ether oxygens (including phenoxy) is 2. The van der Waals surface area contributed by atoms with Gasteiger partial charge in [0.15, 0.2) is 11.5 Å². The van der Waals surface area contributed by atoms with E-state index in [9.17, 15) is 23.3 Å². The van der Waals surface area contributed by atoms with Crippen molar-refractivity contribution >= 4 is 21.6 Å². The highest BCUT2D eigenvalue weighted by molar-refractivity contribution is 7.89. The molecule has 0 aromatic heterocycles. The number of nitrogens with zero attached hydrogens (tertiary/aromatic N) is 3. The molecule has 1 amide bonds. The zero-order chi connectivity index (χ0) is 23.8. The topological polar surface area (TPSA) is 119 Å². The van der Waals surface area contributed by atoms with Gasteiger partial charge < -0.3 is 14.4 Å². The average Bonchev–Trinajstić information content (AvgIpc) is 2.83. The second-order valence-corrected chi connectivity index (χ2v) is 9.31. The lowest BCUT2D eigenvalue weighted by molar-refractivity contribution is -0.384. The lowest BCUT2D eigenvalue weighted by atomic mass is 10.2. The van der Waals surface area contributed by atoms with E-state index in [4.69, 9.17) is 9.47 Å². The fourth-order valence-electron chi connectivity index (χ4n) is 3.47. The number of carbonyl (C=O) groups is 1. The molecule has 0 N–H and O–H groups in total. The Hall–Kier alpha value is -3.18. The molecule has 1 heterocycles. The zero-order valence-electron chi connectivity index (χ0n) is 18.4. The van der Waals surface area contributed by atoms with Crippen LogP contribution in [0.1, 0.15) is 19.8 Å². The number of rotatable bonds is 10. The van der Waals surface area contributed by atoms with Gasteiger partial charge in [-0.15, -0.1) is 0 Å². The second-order valence-electron chi connectivity index (χ2n) is 7.37. The second kappa shape index (κ2) is 11.1. The van der Waals surface area contributed by atoms with E-state index in [-0.39, 0.29) is 29.6 Å². The molecule has 0 saturated carbocycles. The molecule has 2 aromatic carbocycles.